The molecule has 57 heavy (non-hydrogen) atoms. The summed E-state index contributed by atoms with van der Waals surface area (Å²) in [5, 5.41) is 2.17. The molecule has 0 bridgehead atoms. The average Bonchev–Trinajstić information content (AvgIpc) is 3.79. The average molecular weight is 760 g/mol. The van der Waals surface area contributed by atoms with Crippen LogP contribution in [-0.2, 0) is 24.5 Å². The summed E-state index contributed by atoms with van der Waals surface area (Å²) in [7, 11) is 0. The topological polar surface area (TPSA) is 48.8 Å². The number of fused-ring (bicyclic) bond motifs is 4. The van der Waals surface area contributed by atoms with Crippen LogP contribution in [-0.4, -0.2) is 19.1 Å². The van der Waals surface area contributed by atoms with Gasteiger partial charge in [-0.3, -0.25) is 18.7 Å². The fourth-order valence-corrected chi connectivity index (χ4v) is 7.48. The Morgan fingerprint density at radius 2 is 1.39 bits per heavy atom. The Balaban J connectivity index is 1.28. The predicted octanol–water partition coefficient (Wildman–Crippen LogP) is 12.3. The van der Waals surface area contributed by atoms with E-state index in [4.69, 9.17) is 17.9 Å². The fraction of sp³-hybridized carbons (Fsp3) is 0.314. The van der Waals surface area contributed by atoms with Gasteiger partial charge < -0.3 is 4.74 Å². The van der Waals surface area contributed by atoms with Crippen LogP contribution in [0.25, 0.3) is 50.0 Å². The van der Waals surface area contributed by atoms with Crippen molar-refractivity contribution < 1.29 is 17.5 Å². The SMILES string of the molecule is [2H]C([2H])(c1cc(-[n+]2[c-]n(-c3cncc(Oc4ccc5c6ccccc6n(-c6cc(C(C)(C)C)ccn6)c5c4)c3)c3cc(C([2H])([2H])C(C)C)ccc32)cc(C([2H])([2H])C(C)C)c1)C(C)C. The van der Waals surface area contributed by atoms with Crippen LogP contribution in [0.1, 0.15) is 92.8 Å². The highest BCUT2D eigenvalue weighted by Crippen LogP contribution is 2.36. The van der Waals surface area contributed by atoms with Crippen molar-refractivity contribution in [2.75, 3.05) is 0 Å². The zero-order chi connectivity index (χ0) is 45.4. The number of para-hydroxylation sites is 1. The molecule has 8 aromatic rings. The molecular formula is C51H55N5O. The van der Waals surface area contributed by atoms with Crippen molar-refractivity contribution in [3.05, 3.63) is 144 Å². The van der Waals surface area contributed by atoms with Gasteiger partial charge in [-0.05, 0) is 102 Å². The molecule has 6 heteroatoms. The number of benzene rings is 4. The summed E-state index contributed by atoms with van der Waals surface area (Å²) >= 11 is 0. The minimum Gasteiger partial charge on any atom is -0.456 e. The van der Waals surface area contributed by atoms with Gasteiger partial charge in [0.15, 0.2) is 0 Å². The highest BCUT2D eigenvalue weighted by atomic mass is 16.5. The second-order valence-corrected chi connectivity index (χ2v) is 16.8. The molecule has 0 fully saturated rings. The molecule has 0 unspecified atom stereocenters. The minimum absolute atomic E-state index is 0.0634. The zero-order valence-electron chi connectivity index (χ0n) is 40.3. The molecule has 4 heterocycles. The number of rotatable bonds is 11. The van der Waals surface area contributed by atoms with E-state index < -0.39 is 19.1 Å². The predicted molar refractivity (Wildman–Crippen MR) is 234 cm³/mol. The molecule has 0 radical (unpaired) electrons. The summed E-state index contributed by atoms with van der Waals surface area (Å²) in [6.07, 6.45) is 3.54. The Hall–Kier alpha value is -5.75. The van der Waals surface area contributed by atoms with E-state index >= 15 is 0 Å². The second kappa shape index (κ2) is 15.3. The maximum Gasteiger partial charge on any atom is 0.269 e. The minimum atomic E-state index is -1.75. The van der Waals surface area contributed by atoms with Crippen molar-refractivity contribution >= 4 is 32.8 Å². The molecule has 0 N–H and O–H groups in total. The number of pyridine rings is 2. The van der Waals surface area contributed by atoms with Crippen LogP contribution in [0.15, 0.2) is 116 Å². The van der Waals surface area contributed by atoms with Crippen molar-refractivity contribution in [3.63, 3.8) is 0 Å². The molecule has 0 amide bonds. The normalized spacial score (nSPS) is 14.6. The van der Waals surface area contributed by atoms with Crippen LogP contribution in [0, 0.1) is 24.1 Å². The lowest BCUT2D eigenvalue weighted by Gasteiger charge is -2.20. The fourth-order valence-electron chi connectivity index (χ4n) is 7.48. The van der Waals surface area contributed by atoms with E-state index in [0.29, 0.717) is 50.6 Å². The lowest BCUT2D eigenvalue weighted by atomic mass is 9.88. The van der Waals surface area contributed by atoms with Gasteiger partial charge in [0, 0.05) is 37.5 Å². The van der Waals surface area contributed by atoms with Crippen molar-refractivity contribution in [2.24, 2.45) is 17.8 Å². The van der Waals surface area contributed by atoms with E-state index in [0.717, 1.165) is 27.6 Å². The Morgan fingerprint density at radius 1 is 0.684 bits per heavy atom. The molecule has 8 rings (SSSR count). The Labute approximate surface area is 346 Å². The zero-order valence-corrected chi connectivity index (χ0v) is 34.3. The number of nitrogens with zero attached hydrogens (tertiary/aromatic N) is 5. The third kappa shape index (κ3) is 7.96. The van der Waals surface area contributed by atoms with E-state index in [-0.39, 0.29) is 23.2 Å². The van der Waals surface area contributed by atoms with Crippen molar-refractivity contribution in [3.8, 4) is 28.7 Å². The van der Waals surface area contributed by atoms with Gasteiger partial charge in [0.05, 0.1) is 39.6 Å². The van der Waals surface area contributed by atoms with E-state index in [9.17, 15) is 0 Å². The Kier molecular flexibility index (Phi) is 8.42. The third-order valence-electron chi connectivity index (χ3n) is 9.88. The van der Waals surface area contributed by atoms with Crippen molar-refractivity contribution in [1.82, 2.24) is 19.1 Å². The van der Waals surface area contributed by atoms with Gasteiger partial charge in [-0.1, -0.05) is 115 Å². The van der Waals surface area contributed by atoms with Crippen LogP contribution in [0.5, 0.6) is 11.5 Å². The molecule has 4 aromatic heterocycles. The quantitative estimate of drug-likeness (QED) is 0.0974. The van der Waals surface area contributed by atoms with E-state index in [1.807, 2.05) is 94.8 Å². The number of aromatic nitrogens is 5. The molecule has 0 aliphatic rings. The molecule has 0 aliphatic heterocycles. The summed E-state index contributed by atoms with van der Waals surface area (Å²) in [6.45, 7) is 17.6. The summed E-state index contributed by atoms with van der Waals surface area (Å²) in [6, 6.07) is 31.1. The van der Waals surface area contributed by atoms with Crippen molar-refractivity contribution in [2.45, 2.75) is 86.8 Å². The van der Waals surface area contributed by atoms with Crippen LogP contribution < -0.4 is 9.30 Å². The summed E-state index contributed by atoms with van der Waals surface area (Å²) in [4.78, 5) is 9.43. The van der Waals surface area contributed by atoms with Gasteiger partial charge in [-0.15, -0.1) is 0 Å². The van der Waals surface area contributed by atoms with Crippen LogP contribution in [0.3, 0.4) is 0 Å². The molecule has 0 spiro atoms. The summed E-state index contributed by atoms with van der Waals surface area (Å²) in [5.74, 6) is 0.823. The van der Waals surface area contributed by atoms with Gasteiger partial charge in [0.1, 0.15) is 17.3 Å². The molecular weight excluding hydrogens is 699 g/mol. The Morgan fingerprint density at radius 3 is 2.11 bits per heavy atom. The molecule has 6 nitrogen and oxygen atoms in total. The largest absolute Gasteiger partial charge is 0.456 e. The van der Waals surface area contributed by atoms with Gasteiger partial charge >= 0.3 is 0 Å². The Bertz CT molecular complexity index is 2970. The van der Waals surface area contributed by atoms with Crippen LogP contribution >= 0.6 is 0 Å². The lowest BCUT2D eigenvalue weighted by Crippen LogP contribution is -2.30. The van der Waals surface area contributed by atoms with E-state index in [2.05, 4.69) is 67.0 Å². The molecule has 0 saturated carbocycles. The first-order valence-corrected chi connectivity index (χ1v) is 19.9. The van der Waals surface area contributed by atoms with Crippen LogP contribution in [0.2, 0.25) is 0 Å². The molecule has 290 valence electrons. The monoisotopic (exact) mass is 759 g/mol. The second-order valence-electron chi connectivity index (χ2n) is 16.8. The van der Waals surface area contributed by atoms with E-state index in [1.165, 1.54) is 5.56 Å². The number of hydrogen-bond acceptors (Lipinski definition) is 3. The van der Waals surface area contributed by atoms with Gasteiger partial charge in [0.2, 0.25) is 0 Å². The number of hydrogen-bond donors (Lipinski definition) is 0. The molecule has 4 aromatic carbocycles. The van der Waals surface area contributed by atoms with Gasteiger partial charge in [-0.25, -0.2) is 4.98 Å². The van der Waals surface area contributed by atoms with Crippen LogP contribution in [0.4, 0.5) is 0 Å². The maximum atomic E-state index is 9.06. The highest BCUT2D eigenvalue weighted by Gasteiger charge is 2.20. The van der Waals surface area contributed by atoms with Gasteiger partial charge in [0.25, 0.3) is 6.33 Å². The standard InChI is InChI=1S/C51H55N5O/c1-33(2)20-36-14-17-47-49(26-36)55(32-54(47)40-24-37(21-34(3)4)23-38(25-40)22-35(5)6)41-28-43(31-52-30-41)57-42-15-16-45-44-12-10-11-13-46(44)56(48(45)29-42)50-27-39(18-19-53-50)51(7,8)9/h10-19,23-31,33-35H,20-22H2,1-9H3/i20D2,21D2,22D2. The smallest absolute Gasteiger partial charge is 0.269 e. The number of imidazole rings is 1. The summed E-state index contributed by atoms with van der Waals surface area (Å²) in [5.41, 5.74) is 6.78. The lowest BCUT2D eigenvalue weighted by molar-refractivity contribution is -0.572. The third-order valence-corrected chi connectivity index (χ3v) is 9.88. The molecule has 0 aliphatic carbocycles. The molecule has 0 atom stereocenters. The first-order valence-electron chi connectivity index (χ1n) is 22.9. The number of ether oxygens (including phenoxy) is 1. The van der Waals surface area contributed by atoms with Gasteiger partial charge in [-0.2, -0.15) is 0 Å². The molecule has 0 saturated heterocycles. The summed E-state index contributed by atoms with van der Waals surface area (Å²) < 4.78 is 66.6. The maximum absolute atomic E-state index is 9.06. The first kappa shape index (κ1) is 31.3. The van der Waals surface area contributed by atoms with E-state index in [1.54, 1.807) is 41.2 Å². The van der Waals surface area contributed by atoms with Crippen molar-refractivity contribution in [1.29, 1.82) is 0 Å². The first-order chi connectivity index (χ1) is 29.6. The highest BCUT2D eigenvalue weighted by molar-refractivity contribution is 6.09.